The molecule has 10 nitrogen and oxygen atoms in total. The van der Waals surface area contributed by atoms with E-state index in [1.54, 1.807) is 6.20 Å². The Bertz CT molecular complexity index is 1290. The van der Waals surface area contributed by atoms with Crippen molar-refractivity contribution in [3.8, 4) is 23.3 Å². The molecule has 0 saturated carbocycles. The summed E-state index contributed by atoms with van der Waals surface area (Å²) in [6.07, 6.45) is 9.18. The number of rotatable bonds is 6. The standard InChI is InChI=1S/C21H20FN9O/c1-32-21-25-9-16(22)20(29-21)30-7-4-13(10-30)17(2-5-23)31-11-14(8-28-31)18-15-3-6-24-19(15)27-12-26-18/h3,6,8-9,11-13,17H,2,4,7,10H2,1H3,(H,24,26,27)/t13-,17-/m0/s1. The fraction of sp³-hybridized carbons (Fsp3) is 0.333. The number of methoxy groups -OCH3 is 1. The van der Waals surface area contributed by atoms with E-state index in [0.717, 1.165) is 34.9 Å². The van der Waals surface area contributed by atoms with Crippen LogP contribution in [-0.4, -0.2) is 54.9 Å². The van der Waals surface area contributed by atoms with Crippen molar-refractivity contribution >= 4 is 16.9 Å². The molecule has 1 N–H and O–H groups in total. The summed E-state index contributed by atoms with van der Waals surface area (Å²) < 4.78 is 21.2. The third kappa shape index (κ3) is 3.49. The maximum absolute atomic E-state index is 14.3. The summed E-state index contributed by atoms with van der Waals surface area (Å²) in [4.78, 5) is 21.6. The summed E-state index contributed by atoms with van der Waals surface area (Å²) in [6, 6.07) is 4.16. The van der Waals surface area contributed by atoms with Gasteiger partial charge in [0.25, 0.3) is 0 Å². The Morgan fingerprint density at radius 2 is 2.25 bits per heavy atom. The second-order valence-corrected chi connectivity index (χ2v) is 7.62. The van der Waals surface area contributed by atoms with Gasteiger partial charge in [-0.3, -0.25) is 4.68 Å². The van der Waals surface area contributed by atoms with Crippen LogP contribution in [0.4, 0.5) is 10.2 Å². The molecule has 1 fully saturated rings. The van der Waals surface area contributed by atoms with Gasteiger partial charge in [0.2, 0.25) is 0 Å². The molecule has 5 rings (SSSR count). The minimum atomic E-state index is -0.496. The Hall–Kier alpha value is -4.07. The maximum Gasteiger partial charge on any atom is 0.318 e. The SMILES string of the molecule is COc1ncc(F)c(N2CC[C@H]([C@H](CC#N)n3cc(-c4ncnc5[nH]ccc45)cn3)C2)n1. The molecule has 1 aliphatic rings. The van der Waals surface area contributed by atoms with E-state index in [1.807, 2.05) is 28.0 Å². The highest BCUT2D eigenvalue weighted by Crippen LogP contribution is 2.34. The molecule has 0 aromatic carbocycles. The molecule has 11 heteroatoms. The molecule has 1 aliphatic heterocycles. The topological polar surface area (TPSA) is 121 Å². The van der Waals surface area contributed by atoms with Crippen LogP contribution >= 0.6 is 0 Å². The maximum atomic E-state index is 14.3. The average molecular weight is 433 g/mol. The second kappa shape index (κ2) is 8.22. The Morgan fingerprint density at radius 3 is 3.09 bits per heavy atom. The van der Waals surface area contributed by atoms with E-state index >= 15 is 0 Å². The Kier molecular flexibility index (Phi) is 5.10. The van der Waals surface area contributed by atoms with Gasteiger partial charge in [0.1, 0.15) is 12.0 Å². The molecule has 0 radical (unpaired) electrons. The molecule has 0 bridgehead atoms. The molecule has 0 amide bonds. The summed E-state index contributed by atoms with van der Waals surface area (Å²) in [5.41, 5.74) is 2.38. The summed E-state index contributed by atoms with van der Waals surface area (Å²) >= 11 is 0. The van der Waals surface area contributed by atoms with Crippen molar-refractivity contribution in [3.05, 3.63) is 43.0 Å². The van der Waals surface area contributed by atoms with E-state index in [0.29, 0.717) is 19.5 Å². The van der Waals surface area contributed by atoms with Crippen LogP contribution in [0.1, 0.15) is 18.9 Å². The molecule has 0 spiro atoms. The van der Waals surface area contributed by atoms with Crippen molar-refractivity contribution in [1.29, 1.82) is 5.26 Å². The average Bonchev–Trinajstić information content (AvgIpc) is 3.58. The van der Waals surface area contributed by atoms with Crippen LogP contribution in [-0.2, 0) is 0 Å². The summed E-state index contributed by atoms with van der Waals surface area (Å²) in [7, 11) is 1.45. The number of aromatic nitrogens is 7. The minimum absolute atomic E-state index is 0.0976. The van der Waals surface area contributed by atoms with Crippen LogP contribution < -0.4 is 9.64 Å². The van der Waals surface area contributed by atoms with E-state index < -0.39 is 5.82 Å². The summed E-state index contributed by atoms with van der Waals surface area (Å²) in [6.45, 7) is 1.17. The predicted molar refractivity (Wildman–Crippen MR) is 113 cm³/mol. The fourth-order valence-electron chi connectivity index (χ4n) is 4.27. The number of nitrogens with one attached hydrogen (secondary N) is 1. The number of nitrogens with zero attached hydrogens (tertiary/aromatic N) is 8. The number of hydrogen-bond acceptors (Lipinski definition) is 8. The van der Waals surface area contributed by atoms with E-state index in [9.17, 15) is 9.65 Å². The van der Waals surface area contributed by atoms with Crippen molar-refractivity contribution in [2.75, 3.05) is 25.1 Å². The van der Waals surface area contributed by atoms with Gasteiger partial charge in [-0.1, -0.05) is 0 Å². The van der Waals surface area contributed by atoms with E-state index in [4.69, 9.17) is 4.74 Å². The van der Waals surface area contributed by atoms with Crippen molar-refractivity contribution in [2.24, 2.45) is 5.92 Å². The number of hydrogen-bond donors (Lipinski definition) is 1. The highest BCUT2D eigenvalue weighted by molar-refractivity contribution is 5.89. The van der Waals surface area contributed by atoms with Crippen LogP contribution in [0.2, 0.25) is 0 Å². The van der Waals surface area contributed by atoms with Gasteiger partial charge in [-0.2, -0.15) is 15.3 Å². The van der Waals surface area contributed by atoms with Crippen LogP contribution in [0.25, 0.3) is 22.3 Å². The lowest BCUT2D eigenvalue weighted by atomic mass is 9.96. The smallest absolute Gasteiger partial charge is 0.318 e. The Labute approximate surface area is 182 Å². The minimum Gasteiger partial charge on any atom is -0.467 e. The van der Waals surface area contributed by atoms with Gasteiger partial charge < -0.3 is 14.6 Å². The van der Waals surface area contributed by atoms with Crippen molar-refractivity contribution in [2.45, 2.75) is 18.9 Å². The third-order valence-electron chi connectivity index (χ3n) is 5.82. The zero-order chi connectivity index (χ0) is 22.1. The molecule has 0 unspecified atom stereocenters. The van der Waals surface area contributed by atoms with Gasteiger partial charge in [-0.05, 0) is 12.5 Å². The normalized spacial score (nSPS) is 16.9. The van der Waals surface area contributed by atoms with Gasteiger partial charge in [-0.25, -0.2) is 19.3 Å². The highest BCUT2D eigenvalue weighted by Gasteiger charge is 2.33. The van der Waals surface area contributed by atoms with Crippen molar-refractivity contribution in [1.82, 2.24) is 34.7 Å². The van der Waals surface area contributed by atoms with Crippen LogP contribution in [0.3, 0.4) is 0 Å². The molecule has 0 aliphatic carbocycles. The fourth-order valence-corrected chi connectivity index (χ4v) is 4.27. The number of anilines is 1. The second-order valence-electron chi connectivity index (χ2n) is 7.62. The number of fused-ring (bicyclic) bond motifs is 1. The number of nitriles is 1. The van der Waals surface area contributed by atoms with E-state index in [-0.39, 0.29) is 23.8 Å². The molecule has 4 aromatic heterocycles. The number of H-pyrrole nitrogens is 1. The molecule has 162 valence electrons. The lowest BCUT2D eigenvalue weighted by Crippen LogP contribution is -2.26. The Balaban J connectivity index is 1.41. The molecular formula is C21H20FN9O. The van der Waals surface area contributed by atoms with Crippen LogP contribution in [0, 0.1) is 23.1 Å². The van der Waals surface area contributed by atoms with Crippen LogP contribution in [0.5, 0.6) is 6.01 Å². The quantitative estimate of drug-likeness (QED) is 0.493. The van der Waals surface area contributed by atoms with Crippen molar-refractivity contribution < 1.29 is 9.13 Å². The summed E-state index contributed by atoms with van der Waals surface area (Å²) in [5, 5.41) is 14.9. The van der Waals surface area contributed by atoms with Crippen LogP contribution in [0.15, 0.2) is 37.2 Å². The van der Waals surface area contributed by atoms with Gasteiger partial charge >= 0.3 is 6.01 Å². The molecule has 4 aromatic rings. The van der Waals surface area contributed by atoms with Crippen molar-refractivity contribution in [3.63, 3.8) is 0 Å². The van der Waals surface area contributed by atoms with E-state index in [2.05, 4.69) is 36.1 Å². The molecular weight excluding hydrogens is 413 g/mol. The largest absolute Gasteiger partial charge is 0.467 e. The first-order chi connectivity index (χ1) is 15.7. The number of halogens is 1. The first-order valence-corrected chi connectivity index (χ1v) is 10.2. The number of aromatic amines is 1. The first-order valence-electron chi connectivity index (χ1n) is 10.2. The molecule has 32 heavy (non-hydrogen) atoms. The van der Waals surface area contributed by atoms with E-state index in [1.165, 1.54) is 13.4 Å². The van der Waals surface area contributed by atoms with Gasteiger partial charge in [0.05, 0.1) is 43.7 Å². The molecule has 5 heterocycles. The third-order valence-corrected chi connectivity index (χ3v) is 5.82. The Morgan fingerprint density at radius 1 is 1.34 bits per heavy atom. The molecule has 1 saturated heterocycles. The predicted octanol–water partition coefficient (Wildman–Crippen LogP) is 2.74. The zero-order valence-electron chi connectivity index (χ0n) is 17.3. The first kappa shape index (κ1) is 19.9. The zero-order valence-corrected chi connectivity index (χ0v) is 17.3. The highest BCUT2D eigenvalue weighted by atomic mass is 19.1. The summed E-state index contributed by atoms with van der Waals surface area (Å²) in [5.74, 6) is -0.184. The van der Waals surface area contributed by atoms with Gasteiger partial charge in [0.15, 0.2) is 11.6 Å². The monoisotopic (exact) mass is 433 g/mol. The lowest BCUT2D eigenvalue weighted by Gasteiger charge is -2.23. The number of ether oxygens (including phenoxy) is 1. The van der Waals surface area contributed by atoms with Gasteiger partial charge in [-0.15, -0.1) is 0 Å². The lowest BCUT2D eigenvalue weighted by molar-refractivity contribution is 0.331. The van der Waals surface area contributed by atoms with Gasteiger partial charge in [0, 0.05) is 42.4 Å². The molecule has 2 atom stereocenters.